The van der Waals surface area contributed by atoms with Crippen LogP contribution in [-0.2, 0) is 4.79 Å². The first-order chi connectivity index (χ1) is 5.47. The van der Waals surface area contributed by atoms with Crippen molar-refractivity contribution < 1.29 is 4.79 Å². The molecule has 2 aromatic rings. The van der Waals surface area contributed by atoms with E-state index >= 15 is 0 Å². The van der Waals surface area contributed by atoms with Crippen molar-refractivity contribution in [2.45, 2.75) is 0 Å². The highest BCUT2D eigenvalue weighted by Crippen LogP contribution is 2.15. The molecule has 56 valence electrons. The SMILES string of the molecule is C=O.c1ncc2sccc2n1. The van der Waals surface area contributed by atoms with Crippen molar-refractivity contribution >= 4 is 28.3 Å². The summed E-state index contributed by atoms with van der Waals surface area (Å²) < 4.78 is 1.15. The first-order valence-electron chi connectivity index (χ1n) is 2.89. The van der Waals surface area contributed by atoms with E-state index < -0.39 is 0 Å². The number of thiophene rings is 1. The van der Waals surface area contributed by atoms with E-state index in [9.17, 15) is 0 Å². The summed E-state index contributed by atoms with van der Waals surface area (Å²) in [6, 6.07) is 1.99. The molecule has 0 saturated carbocycles. The number of hydrogen-bond donors (Lipinski definition) is 0. The standard InChI is InChI=1S/C6H4N2S.CH2O/c1-2-9-6-3-7-4-8-5(1)6;1-2/h1-4H;1H2. The molecule has 0 radical (unpaired) electrons. The molecule has 3 nitrogen and oxygen atoms in total. The van der Waals surface area contributed by atoms with Gasteiger partial charge in [0.2, 0.25) is 0 Å². The van der Waals surface area contributed by atoms with Crippen LogP contribution in [-0.4, -0.2) is 16.8 Å². The van der Waals surface area contributed by atoms with Gasteiger partial charge in [-0.1, -0.05) is 0 Å². The molecule has 0 fully saturated rings. The van der Waals surface area contributed by atoms with Gasteiger partial charge in [-0.15, -0.1) is 11.3 Å². The minimum absolute atomic E-state index is 1.04. The summed E-state index contributed by atoms with van der Waals surface area (Å²) in [6.07, 6.45) is 3.39. The molecule has 4 heteroatoms. The van der Waals surface area contributed by atoms with Crippen LogP contribution in [0.2, 0.25) is 0 Å². The minimum atomic E-state index is 1.04. The van der Waals surface area contributed by atoms with Gasteiger partial charge >= 0.3 is 0 Å². The van der Waals surface area contributed by atoms with E-state index in [1.807, 2.05) is 24.4 Å². The van der Waals surface area contributed by atoms with Crippen molar-refractivity contribution in [1.29, 1.82) is 0 Å². The lowest BCUT2D eigenvalue weighted by atomic mass is 10.5. The van der Waals surface area contributed by atoms with Gasteiger partial charge in [-0.05, 0) is 11.4 Å². The quantitative estimate of drug-likeness (QED) is 0.595. The predicted molar refractivity (Wildman–Crippen MR) is 44.5 cm³/mol. The van der Waals surface area contributed by atoms with Gasteiger partial charge in [0.15, 0.2) is 0 Å². The van der Waals surface area contributed by atoms with Crippen molar-refractivity contribution in [2.75, 3.05) is 0 Å². The summed E-state index contributed by atoms with van der Waals surface area (Å²) in [5.41, 5.74) is 1.04. The monoisotopic (exact) mass is 166 g/mol. The Balaban J connectivity index is 0.000000281. The molecular formula is C7H6N2OS. The molecule has 0 unspecified atom stereocenters. The van der Waals surface area contributed by atoms with Crippen molar-refractivity contribution in [3.05, 3.63) is 24.0 Å². The average molecular weight is 166 g/mol. The van der Waals surface area contributed by atoms with Crippen LogP contribution in [0.5, 0.6) is 0 Å². The highest BCUT2D eigenvalue weighted by molar-refractivity contribution is 7.17. The lowest BCUT2D eigenvalue weighted by molar-refractivity contribution is -0.0979. The number of carbonyl (C=O) groups excluding carboxylic acids is 1. The van der Waals surface area contributed by atoms with Crippen LogP contribution >= 0.6 is 11.3 Å². The Morgan fingerprint density at radius 1 is 1.45 bits per heavy atom. The van der Waals surface area contributed by atoms with Crippen LogP contribution in [0.4, 0.5) is 0 Å². The Morgan fingerprint density at radius 3 is 3.00 bits per heavy atom. The number of carbonyl (C=O) groups is 1. The van der Waals surface area contributed by atoms with Crippen LogP contribution in [0, 0.1) is 0 Å². The molecule has 0 aliphatic carbocycles. The number of rotatable bonds is 0. The number of hydrogen-bond acceptors (Lipinski definition) is 4. The fraction of sp³-hybridized carbons (Fsp3) is 0. The first-order valence-corrected chi connectivity index (χ1v) is 3.77. The molecule has 0 saturated heterocycles. The summed E-state index contributed by atoms with van der Waals surface area (Å²) in [7, 11) is 0. The van der Waals surface area contributed by atoms with Crippen LogP contribution in [0.15, 0.2) is 24.0 Å². The van der Waals surface area contributed by atoms with E-state index in [0.717, 1.165) is 10.2 Å². The number of nitrogens with zero attached hydrogens (tertiary/aromatic N) is 2. The van der Waals surface area contributed by atoms with E-state index in [2.05, 4.69) is 9.97 Å². The summed E-state index contributed by atoms with van der Waals surface area (Å²) in [6.45, 7) is 2.00. The minimum Gasteiger partial charge on any atom is -0.307 e. The summed E-state index contributed by atoms with van der Waals surface area (Å²) >= 11 is 1.66. The molecule has 0 bridgehead atoms. The lowest BCUT2D eigenvalue weighted by Gasteiger charge is -1.81. The van der Waals surface area contributed by atoms with E-state index in [4.69, 9.17) is 4.79 Å². The topological polar surface area (TPSA) is 42.9 Å². The number of fused-ring (bicyclic) bond motifs is 1. The summed E-state index contributed by atoms with van der Waals surface area (Å²) in [4.78, 5) is 15.9. The van der Waals surface area contributed by atoms with Gasteiger partial charge in [0.1, 0.15) is 13.1 Å². The van der Waals surface area contributed by atoms with Gasteiger partial charge in [-0.25, -0.2) is 9.97 Å². The summed E-state index contributed by atoms with van der Waals surface area (Å²) in [5, 5.41) is 2.01. The maximum absolute atomic E-state index is 8.00. The molecular weight excluding hydrogens is 160 g/mol. The molecule has 0 aliphatic heterocycles. The Bertz CT molecular complexity index is 303. The molecule has 0 spiro atoms. The van der Waals surface area contributed by atoms with Crippen molar-refractivity contribution in [1.82, 2.24) is 9.97 Å². The van der Waals surface area contributed by atoms with Crippen LogP contribution in [0.3, 0.4) is 0 Å². The molecule has 0 amide bonds. The van der Waals surface area contributed by atoms with E-state index in [0.29, 0.717) is 0 Å². The average Bonchev–Trinajstić information content (AvgIpc) is 2.55. The molecule has 0 aliphatic rings. The number of aromatic nitrogens is 2. The second-order valence-corrected chi connectivity index (χ2v) is 2.64. The van der Waals surface area contributed by atoms with E-state index in [-0.39, 0.29) is 0 Å². The highest BCUT2D eigenvalue weighted by Gasteiger charge is 1.90. The molecule has 0 aromatic carbocycles. The Kier molecular flexibility index (Phi) is 2.68. The maximum atomic E-state index is 8.00. The smallest absolute Gasteiger partial charge is 0.116 e. The Morgan fingerprint density at radius 2 is 2.27 bits per heavy atom. The molecule has 2 aromatic heterocycles. The fourth-order valence-corrected chi connectivity index (χ4v) is 1.42. The van der Waals surface area contributed by atoms with Gasteiger partial charge in [-0.3, -0.25) is 0 Å². The summed E-state index contributed by atoms with van der Waals surface area (Å²) in [5.74, 6) is 0. The van der Waals surface area contributed by atoms with Gasteiger partial charge in [0, 0.05) is 6.20 Å². The maximum Gasteiger partial charge on any atom is 0.116 e. The zero-order chi connectivity index (χ0) is 8.10. The molecule has 2 heterocycles. The van der Waals surface area contributed by atoms with Crippen molar-refractivity contribution in [3.8, 4) is 0 Å². The van der Waals surface area contributed by atoms with Gasteiger partial charge < -0.3 is 4.79 Å². The van der Waals surface area contributed by atoms with Crippen molar-refractivity contribution in [2.24, 2.45) is 0 Å². The van der Waals surface area contributed by atoms with Crippen LogP contribution in [0.25, 0.3) is 10.2 Å². The third kappa shape index (κ3) is 1.59. The van der Waals surface area contributed by atoms with E-state index in [1.54, 1.807) is 17.7 Å². The van der Waals surface area contributed by atoms with Gasteiger partial charge in [0.05, 0.1) is 10.2 Å². The van der Waals surface area contributed by atoms with Gasteiger partial charge in [0.25, 0.3) is 0 Å². The van der Waals surface area contributed by atoms with Crippen molar-refractivity contribution in [3.63, 3.8) is 0 Å². The molecule has 0 atom stereocenters. The van der Waals surface area contributed by atoms with Crippen LogP contribution < -0.4 is 0 Å². The first kappa shape index (κ1) is 7.81. The van der Waals surface area contributed by atoms with Crippen LogP contribution in [0.1, 0.15) is 0 Å². The molecule has 0 N–H and O–H groups in total. The largest absolute Gasteiger partial charge is 0.307 e. The molecule has 11 heavy (non-hydrogen) atoms. The molecule has 2 rings (SSSR count). The Hall–Kier alpha value is -1.29. The third-order valence-corrected chi connectivity index (χ3v) is 1.97. The third-order valence-electron chi connectivity index (χ3n) is 1.13. The fourth-order valence-electron chi connectivity index (χ4n) is 0.714. The normalized spacial score (nSPS) is 8.73. The zero-order valence-electron chi connectivity index (χ0n) is 5.73. The second kappa shape index (κ2) is 3.78. The zero-order valence-corrected chi connectivity index (χ0v) is 6.54. The van der Waals surface area contributed by atoms with E-state index in [1.165, 1.54) is 0 Å². The lowest BCUT2D eigenvalue weighted by Crippen LogP contribution is -1.72. The predicted octanol–water partition coefficient (Wildman–Crippen LogP) is 1.51. The highest BCUT2D eigenvalue weighted by atomic mass is 32.1. The Labute approximate surface area is 67.7 Å². The second-order valence-electron chi connectivity index (χ2n) is 1.69. The van der Waals surface area contributed by atoms with Gasteiger partial charge in [-0.2, -0.15) is 0 Å².